The number of morpholine rings is 1. The molecule has 0 radical (unpaired) electrons. The van der Waals surface area contributed by atoms with E-state index in [0.717, 1.165) is 50.8 Å². The Morgan fingerprint density at radius 1 is 1.33 bits per heavy atom. The van der Waals surface area contributed by atoms with Crippen LogP contribution in [0.25, 0.3) is 0 Å². The molecule has 2 saturated heterocycles. The van der Waals surface area contributed by atoms with Gasteiger partial charge >= 0.3 is 0 Å². The van der Waals surface area contributed by atoms with E-state index < -0.39 is 0 Å². The lowest BCUT2D eigenvalue weighted by Gasteiger charge is -2.36. The first-order chi connectivity index (χ1) is 10.2. The Kier molecular flexibility index (Phi) is 5.11. The average molecular weight is 313 g/mol. The predicted octanol–water partition coefficient (Wildman–Crippen LogP) is 2.85. The number of hydrogen-bond acceptors (Lipinski definition) is 3. The first-order valence-electron chi connectivity index (χ1n) is 7.72. The summed E-state index contributed by atoms with van der Waals surface area (Å²) >= 11 is 5.87. The summed E-state index contributed by atoms with van der Waals surface area (Å²) in [5.41, 5.74) is 0.969. The minimum Gasteiger partial charge on any atom is -0.371 e. The summed E-state index contributed by atoms with van der Waals surface area (Å²) in [7, 11) is 0. The van der Waals surface area contributed by atoms with Crippen molar-refractivity contribution >= 4 is 11.6 Å². The van der Waals surface area contributed by atoms with E-state index in [1.165, 1.54) is 18.9 Å². The fourth-order valence-corrected chi connectivity index (χ4v) is 3.40. The van der Waals surface area contributed by atoms with Crippen molar-refractivity contribution < 1.29 is 9.13 Å². The molecule has 21 heavy (non-hydrogen) atoms. The third kappa shape index (κ3) is 3.95. The monoisotopic (exact) mass is 312 g/mol. The summed E-state index contributed by atoms with van der Waals surface area (Å²) in [6, 6.07) is 4.89. The summed E-state index contributed by atoms with van der Waals surface area (Å²) < 4.78 is 19.1. The van der Waals surface area contributed by atoms with E-state index in [-0.39, 0.29) is 16.9 Å². The second kappa shape index (κ2) is 7.05. The number of halogens is 2. The molecule has 2 aliphatic rings. The minimum atomic E-state index is -0.372. The first-order valence-corrected chi connectivity index (χ1v) is 8.10. The Bertz CT molecular complexity index is 479. The van der Waals surface area contributed by atoms with Crippen LogP contribution in [0, 0.1) is 11.7 Å². The summed E-state index contributed by atoms with van der Waals surface area (Å²) in [6.45, 7) is 5.97. The van der Waals surface area contributed by atoms with Crippen LogP contribution in [0.4, 0.5) is 4.39 Å². The van der Waals surface area contributed by atoms with Gasteiger partial charge < -0.3 is 10.1 Å². The van der Waals surface area contributed by atoms with Crippen molar-refractivity contribution in [1.29, 1.82) is 0 Å². The van der Waals surface area contributed by atoms with Crippen molar-refractivity contribution in [3.05, 3.63) is 34.6 Å². The van der Waals surface area contributed by atoms with Crippen LogP contribution >= 0.6 is 11.6 Å². The molecule has 2 aliphatic heterocycles. The van der Waals surface area contributed by atoms with Gasteiger partial charge in [-0.15, -0.1) is 0 Å². The van der Waals surface area contributed by atoms with Crippen molar-refractivity contribution in [2.75, 3.05) is 39.3 Å². The van der Waals surface area contributed by atoms with Crippen molar-refractivity contribution in [3.63, 3.8) is 0 Å². The number of nitrogens with zero attached hydrogens (tertiary/aromatic N) is 1. The molecule has 3 nitrogen and oxygen atoms in total. The lowest BCUT2D eigenvalue weighted by molar-refractivity contribution is -0.0357. The van der Waals surface area contributed by atoms with Gasteiger partial charge in [0.2, 0.25) is 0 Å². The molecule has 1 unspecified atom stereocenters. The lowest BCUT2D eigenvalue weighted by Crippen LogP contribution is -2.43. The summed E-state index contributed by atoms with van der Waals surface area (Å²) in [4.78, 5) is 2.47. The molecule has 1 aromatic rings. The highest BCUT2D eigenvalue weighted by Gasteiger charge is 2.25. The van der Waals surface area contributed by atoms with Crippen LogP contribution in [-0.2, 0) is 4.74 Å². The van der Waals surface area contributed by atoms with Gasteiger partial charge in [-0.3, -0.25) is 4.90 Å². The molecule has 0 bridgehead atoms. The van der Waals surface area contributed by atoms with Crippen LogP contribution in [0.1, 0.15) is 24.5 Å². The molecule has 2 fully saturated rings. The zero-order valence-electron chi connectivity index (χ0n) is 12.2. The molecular formula is C16H22ClFN2O. The number of rotatable bonds is 3. The van der Waals surface area contributed by atoms with E-state index in [1.807, 2.05) is 0 Å². The van der Waals surface area contributed by atoms with Crippen molar-refractivity contribution in [3.8, 4) is 0 Å². The van der Waals surface area contributed by atoms with Crippen LogP contribution in [0.15, 0.2) is 18.2 Å². The van der Waals surface area contributed by atoms with E-state index >= 15 is 0 Å². The van der Waals surface area contributed by atoms with Crippen molar-refractivity contribution in [2.24, 2.45) is 5.92 Å². The predicted molar refractivity (Wildman–Crippen MR) is 82.1 cm³/mol. The van der Waals surface area contributed by atoms with Gasteiger partial charge in [-0.05, 0) is 49.5 Å². The second-order valence-corrected chi connectivity index (χ2v) is 6.39. The normalized spacial score (nSPS) is 25.1. The quantitative estimate of drug-likeness (QED) is 0.929. The van der Waals surface area contributed by atoms with Gasteiger partial charge in [-0.25, -0.2) is 4.39 Å². The van der Waals surface area contributed by atoms with Gasteiger partial charge in [0.1, 0.15) is 5.82 Å². The second-order valence-electron chi connectivity index (χ2n) is 5.99. The van der Waals surface area contributed by atoms with Gasteiger partial charge in [0.05, 0.1) is 17.7 Å². The van der Waals surface area contributed by atoms with E-state index in [4.69, 9.17) is 16.3 Å². The molecule has 1 N–H and O–H groups in total. The molecule has 116 valence electrons. The third-order valence-corrected chi connectivity index (χ3v) is 4.73. The van der Waals surface area contributed by atoms with Crippen LogP contribution < -0.4 is 5.32 Å². The van der Waals surface area contributed by atoms with Crippen LogP contribution in [0.5, 0.6) is 0 Å². The molecule has 1 atom stereocenters. The lowest BCUT2D eigenvalue weighted by atomic mass is 9.97. The number of piperidine rings is 1. The maximum Gasteiger partial charge on any atom is 0.141 e. The Hall–Kier alpha value is -0.680. The topological polar surface area (TPSA) is 24.5 Å². The SMILES string of the molecule is Fc1ccc(C2CN(CC3CCNCC3)CCO2)cc1Cl. The van der Waals surface area contributed by atoms with Gasteiger partial charge in [0, 0.05) is 19.6 Å². The highest BCUT2D eigenvalue weighted by atomic mass is 35.5. The molecule has 0 amide bonds. The molecule has 1 aromatic carbocycles. The van der Waals surface area contributed by atoms with E-state index in [1.54, 1.807) is 12.1 Å². The summed E-state index contributed by atoms with van der Waals surface area (Å²) in [5, 5.41) is 3.58. The molecular weight excluding hydrogens is 291 g/mol. The van der Waals surface area contributed by atoms with Crippen LogP contribution in [-0.4, -0.2) is 44.2 Å². The van der Waals surface area contributed by atoms with E-state index in [0.29, 0.717) is 0 Å². The highest BCUT2D eigenvalue weighted by Crippen LogP contribution is 2.27. The number of benzene rings is 1. The molecule has 2 heterocycles. The van der Waals surface area contributed by atoms with E-state index in [9.17, 15) is 4.39 Å². The molecule has 5 heteroatoms. The Morgan fingerprint density at radius 3 is 2.90 bits per heavy atom. The maximum absolute atomic E-state index is 13.3. The molecule has 0 aromatic heterocycles. The smallest absolute Gasteiger partial charge is 0.141 e. The highest BCUT2D eigenvalue weighted by molar-refractivity contribution is 6.30. The fourth-order valence-electron chi connectivity index (χ4n) is 3.21. The van der Waals surface area contributed by atoms with Crippen LogP contribution in [0.3, 0.4) is 0 Å². The molecule has 0 saturated carbocycles. The fraction of sp³-hybridized carbons (Fsp3) is 0.625. The number of ether oxygens (including phenoxy) is 1. The third-order valence-electron chi connectivity index (χ3n) is 4.44. The van der Waals surface area contributed by atoms with Gasteiger partial charge in [-0.1, -0.05) is 17.7 Å². The zero-order valence-corrected chi connectivity index (χ0v) is 12.9. The minimum absolute atomic E-state index is 0.00133. The van der Waals surface area contributed by atoms with E-state index in [2.05, 4.69) is 10.2 Å². The molecule has 0 spiro atoms. The summed E-state index contributed by atoms with van der Waals surface area (Å²) in [5.74, 6) is 0.407. The standard InChI is InChI=1S/C16H22ClFN2O/c17-14-9-13(1-2-15(14)18)16-11-20(7-8-21-16)10-12-3-5-19-6-4-12/h1-2,9,12,16,19H,3-8,10-11H2. The van der Waals surface area contributed by atoms with Gasteiger partial charge in [-0.2, -0.15) is 0 Å². The maximum atomic E-state index is 13.3. The first kappa shape index (κ1) is 15.2. The zero-order chi connectivity index (χ0) is 14.7. The van der Waals surface area contributed by atoms with Crippen molar-refractivity contribution in [2.45, 2.75) is 18.9 Å². The largest absolute Gasteiger partial charge is 0.371 e. The Balaban J connectivity index is 1.60. The van der Waals surface area contributed by atoms with Crippen LogP contribution in [0.2, 0.25) is 5.02 Å². The Morgan fingerprint density at radius 2 is 2.14 bits per heavy atom. The van der Waals surface area contributed by atoms with Gasteiger partial charge in [0.15, 0.2) is 0 Å². The number of hydrogen-bond donors (Lipinski definition) is 1. The van der Waals surface area contributed by atoms with Crippen molar-refractivity contribution in [1.82, 2.24) is 10.2 Å². The summed E-state index contributed by atoms with van der Waals surface area (Å²) in [6.07, 6.45) is 2.51. The molecule has 0 aliphatic carbocycles. The average Bonchev–Trinajstić information content (AvgIpc) is 2.51. The van der Waals surface area contributed by atoms with Gasteiger partial charge in [0.25, 0.3) is 0 Å². The molecule has 3 rings (SSSR count). The Labute approximate surface area is 130 Å². The number of nitrogens with one attached hydrogen (secondary N) is 1.